The number of para-hydroxylation sites is 1. The Morgan fingerprint density at radius 2 is 1.94 bits per heavy atom. The number of ether oxygens (including phenoxy) is 2. The second kappa shape index (κ2) is 9.27. The lowest BCUT2D eigenvalue weighted by Crippen LogP contribution is -2.43. The van der Waals surface area contributed by atoms with Gasteiger partial charge in [-0.25, -0.2) is 0 Å². The highest BCUT2D eigenvalue weighted by molar-refractivity contribution is 9.10. The zero-order valence-electron chi connectivity index (χ0n) is 17.2. The van der Waals surface area contributed by atoms with Gasteiger partial charge in [0.25, 0.3) is 5.91 Å². The average molecular weight is 479 g/mol. The van der Waals surface area contributed by atoms with E-state index in [9.17, 15) is 4.79 Å². The van der Waals surface area contributed by atoms with Gasteiger partial charge in [-0.15, -0.1) is 0 Å². The van der Waals surface area contributed by atoms with Crippen LogP contribution in [0.5, 0.6) is 11.5 Å². The molecule has 4 rings (SSSR count). The van der Waals surface area contributed by atoms with E-state index in [2.05, 4.69) is 27.8 Å². The van der Waals surface area contributed by atoms with Crippen LogP contribution < -0.4 is 19.7 Å². The Kier molecular flexibility index (Phi) is 6.28. The van der Waals surface area contributed by atoms with E-state index in [1.165, 1.54) is 0 Å². The summed E-state index contributed by atoms with van der Waals surface area (Å²) in [5, 5.41) is 3.53. The number of amides is 1. The molecule has 0 fully saturated rings. The van der Waals surface area contributed by atoms with E-state index in [4.69, 9.17) is 9.47 Å². The summed E-state index contributed by atoms with van der Waals surface area (Å²) in [6.07, 6.45) is 1.24. The van der Waals surface area contributed by atoms with E-state index in [0.717, 1.165) is 21.4 Å². The van der Waals surface area contributed by atoms with Crippen LogP contribution >= 0.6 is 15.9 Å². The van der Waals surface area contributed by atoms with Gasteiger partial charge >= 0.3 is 0 Å². The molecule has 5 nitrogen and oxygen atoms in total. The Morgan fingerprint density at radius 1 is 1.10 bits per heavy atom. The molecule has 3 aromatic rings. The standard InChI is InChI=1S/C25H23BrN2O3/c1-3-14-31-23-11-6-5-10-20(23)24-27-22-13-12-17(26)15-21(22)25(29)28(24)18-8-7-9-19(16-18)30-4-2/h3,5-13,15-16,24,27H,1,4,14H2,2H3/t24-/m1/s1. The monoisotopic (exact) mass is 478 g/mol. The van der Waals surface area contributed by atoms with Crippen LogP contribution in [0.15, 0.2) is 83.9 Å². The third kappa shape index (κ3) is 4.30. The summed E-state index contributed by atoms with van der Waals surface area (Å²) in [4.78, 5) is 15.5. The zero-order valence-corrected chi connectivity index (χ0v) is 18.8. The topological polar surface area (TPSA) is 50.8 Å². The maximum atomic E-state index is 13.7. The van der Waals surface area contributed by atoms with Crippen LogP contribution in [0.1, 0.15) is 29.0 Å². The molecule has 0 aliphatic carbocycles. The number of rotatable bonds is 7. The minimum Gasteiger partial charge on any atom is -0.494 e. The lowest BCUT2D eigenvalue weighted by atomic mass is 10.0. The normalized spacial score (nSPS) is 15.1. The first-order valence-electron chi connectivity index (χ1n) is 10.1. The molecule has 0 radical (unpaired) electrons. The van der Waals surface area contributed by atoms with Gasteiger partial charge in [0.1, 0.15) is 24.3 Å². The molecule has 1 heterocycles. The quantitative estimate of drug-likeness (QED) is 0.411. The third-order valence-corrected chi connectivity index (χ3v) is 5.45. The molecule has 0 aromatic heterocycles. The molecule has 158 valence electrons. The van der Waals surface area contributed by atoms with Gasteiger partial charge in [0, 0.05) is 21.8 Å². The van der Waals surface area contributed by atoms with Crippen LogP contribution in [0.3, 0.4) is 0 Å². The van der Waals surface area contributed by atoms with E-state index in [1.807, 2.05) is 73.7 Å². The summed E-state index contributed by atoms with van der Waals surface area (Å²) < 4.78 is 12.4. The van der Waals surface area contributed by atoms with Crippen molar-refractivity contribution in [3.05, 3.63) is 95.0 Å². The van der Waals surface area contributed by atoms with Crippen molar-refractivity contribution < 1.29 is 14.3 Å². The highest BCUT2D eigenvalue weighted by Crippen LogP contribution is 2.41. The lowest BCUT2D eigenvalue weighted by Gasteiger charge is -2.38. The molecule has 3 aromatic carbocycles. The van der Waals surface area contributed by atoms with Gasteiger partial charge in [-0.1, -0.05) is 52.9 Å². The molecular formula is C25H23BrN2O3. The van der Waals surface area contributed by atoms with E-state index in [1.54, 1.807) is 11.0 Å². The summed E-state index contributed by atoms with van der Waals surface area (Å²) in [5.74, 6) is 1.30. The Balaban J connectivity index is 1.85. The lowest BCUT2D eigenvalue weighted by molar-refractivity contribution is 0.0974. The zero-order chi connectivity index (χ0) is 21.8. The molecule has 1 aliphatic rings. The van der Waals surface area contributed by atoms with Crippen molar-refractivity contribution in [1.29, 1.82) is 0 Å². The number of hydrogen-bond donors (Lipinski definition) is 1. The van der Waals surface area contributed by atoms with Gasteiger partial charge in [-0.2, -0.15) is 0 Å². The van der Waals surface area contributed by atoms with Gasteiger partial charge in [0.05, 0.1) is 17.9 Å². The van der Waals surface area contributed by atoms with Crippen LogP contribution in [-0.2, 0) is 0 Å². The number of hydrogen-bond acceptors (Lipinski definition) is 4. The van der Waals surface area contributed by atoms with Crippen molar-refractivity contribution in [2.24, 2.45) is 0 Å². The number of carbonyl (C=O) groups is 1. The number of nitrogens with one attached hydrogen (secondary N) is 1. The predicted octanol–water partition coefficient (Wildman–Crippen LogP) is 6.18. The first-order chi connectivity index (χ1) is 15.1. The second-order valence-corrected chi connectivity index (χ2v) is 7.90. The first kappa shape index (κ1) is 21.0. The largest absolute Gasteiger partial charge is 0.494 e. The number of carbonyl (C=O) groups excluding carboxylic acids is 1. The fourth-order valence-corrected chi connectivity index (χ4v) is 4.00. The van der Waals surface area contributed by atoms with Gasteiger partial charge in [0.15, 0.2) is 0 Å². The smallest absolute Gasteiger partial charge is 0.262 e. The van der Waals surface area contributed by atoms with E-state index < -0.39 is 6.17 Å². The molecular weight excluding hydrogens is 456 g/mol. The summed E-state index contributed by atoms with van der Waals surface area (Å²) in [6, 6.07) is 20.9. The Hall–Kier alpha value is -3.25. The Bertz CT molecular complexity index is 1120. The molecule has 0 unspecified atom stereocenters. The molecule has 0 bridgehead atoms. The van der Waals surface area contributed by atoms with Crippen molar-refractivity contribution in [1.82, 2.24) is 0 Å². The number of halogens is 1. The molecule has 1 atom stereocenters. The van der Waals surface area contributed by atoms with E-state index in [-0.39, 0.29) is 5.91 Å². The average Bonchev–Trinajstić information content (AvgIpc) is 2.78. The van der Waals surface area contributed by atoms with E-state index >= 15 is 0 Å². The molecule has 6 heteroatoms. The fourth-order valence-electron chi connectivity index (χ4n) is 3.64. The third-order valence-electron chi connectivity index (χ3n) is 4.96. The van der Waals surface area contributed by atoms with Crippen molar-refractivity contribution in [2.45, 2.75) is 13.1 Å². The molecule has 1 amide bonds. The maximum absolute atomic E-state index is 13.7. The minimum absolute atomic E-state index is 0.104. The van der Waals surface area contributed by atoms with Crippen molar-refractivity contribution in [3.63, 3.8) is 0 Å². The number of benzene rings is 3. The van der Waals surface area contributed by atoms with Gasteiger partial charge in [0.2, 0.25) is 0 Å². The van der Waals surface area contributed by atoms with Crippen LogP contribution in [0, 0.1) is 0 Å². The molecule has 31 heavy (non-hydrogen) atoms. The molecule has 0 saturated heterocycles. The molecule has 1 N–H and O–H groups in total. The highest BCUT2D eigenvalue weighted by Gasteiger charge is 2.35. The Labute approximate surface area is 190 Å². The van der Waals surface area contributed by atoms with Crippen LogP contribution in [0.25, 0.3) is 0 Å². The molecule has 0 spiro atoms. The SMILES string of the molecule is C=CCOc1ccccc1[C@@H]1Nc2ccc(Br)cc2C(=O)N1c1cccc(OCC)c1. The first-order valence-corrected chi connectivity index (χ1v) is 10.9. The van der Waals surface area contributed by atoms with Crippen molar-refractivity contribution >= 4 is 33.2 Å². The van der Waals surface area contributed by atoms with Gasteiger partial charge in [-0.05, 0) is 43.3 Å². The van der Waals surface area contributed by atoms with Crippen LogP contribution in [0.4, 0.5) is 11.4 Å². The molecule has 0 saturated carbocycles. The summed E-state index contributed by atoms with van der Waals surface area (Å²) in [6.45, 7) is 6.59. The number of anilines is 2. The van der Waals surface area contributed by atoms with Crippen LogP contribution in [0.2, 0.25) is 0 Å². The van der Waals surface area contributed by atoms with Crippen LogP contribution in [-0.4, -0.2) is 19.1 Å². The minimum atomic E-state index is -0.459. The van der Waals surface area contributed by atoms with Gasteiger partial charge in [-0.3, -0.25) is 9.69 Å². The predicted molar refractivity (Wildman–Crippen MR) is 127 cm³/mol. The molecule has 1 aliphatic heterocycles. The van der Waals surface area contributed by atoms with E-state index in [0.29, 0.717) is 30.3 Å². The summed E-state index contributed by atoms with van der Waals surface area (Å²) >= 11 is 3.48. The van der Waals surface area contributed by atoms with Gasteiger partial charge < -0.3 is 14.8 Å². The van der Waals surface area contributed by atoms with Crippen molar-refractivity contribution in [2.75, 3.05) is 23.4 Å². The Morgan fingerprint density at radius 3 is 2.74 bits per heavy atom. The summed E-state index contributed by atoms with van der Waals surface area (Å²) in [5.41, 5.74) is 2.96. The summed E-state index contributed by atoms with van der Waals surface area (Å²) in [7, 11) is 0. The highest BCUT2D eigenvalue weighted by atomic mass is 79.9. The van der Waals surface area contributed by atoms with Crippen molar-refractivity contribution in [3.8, 4) is 11.5 Å². The number of nitrogens with zero attached hydrogens (tertiary/aromatic N) is 1. The number of fused-ring (bicyclic) bond motifs is 1. The second-order valence-electron chi connectivity index (χ2n) is 6.98. The fraction of sp³-hybridized carbons (Fsp3) is 0.160. The maximum Gasteiger partial charge on any atom is 0.262 e.